The van der Waals surface area contributed by atoms with E-state index in [0.29, 0.717) is 0 Å². The molecule has 52 heavy (non-hydrogen) atoms. The van der Waals surface area contributed by atoms with Crippen molar-refractivity contribution >= 4 is 38.2 Å². The third-order valence-electron chi connectivity index (χ3n) is 10.3. The number of hydrogen-bond acceptors (Lipinski definition) is 0. The summed E-state index contributed by atoms with van der Waals surface area (Å²) >= 11 is 3.61. The molecular weight excluding hydrogens is 700 g/mol. The maximum atomic E-state index is 3.92. The molecule has 8 rings (SSSR count). The molecule has 0 unspecified atom stereocenters. The molecular formula is C47H45BrN4. The van der Waals surface area contributed by atoms with Gasteiger partial charge in [-0.15, -0.1) is 0 Å². The molecule has 3 aromatic carbocycles. The molecule has 8 bridgehead atoms. The lowest BCUT2D eigenvalue weighted by molar-refractivity contribution is 0.682. The summed E-state index contributed by atoms with van der Waals surface area (Å²) in [6, 6.07) is 44.6. The molecule has 4 nitrogen and oxygen atoms in total. The fourth-order valence-electron chi connectivity index (χ4n) is 7.50. The van der Waals surface area contributed by atoms with E-state index >= 15 is 0 Å². The van der Waals surface area contributed by atoms with Crippen molar-refractivity contribution in [3.63, 3.8) is 0 Å². The van der Waals surface area contributed by atoms with Crippen molar-refractivity contribution in [3.05, 3.63) is 199 Å². The van der Waals surface area contributed by atoms with E-state index in [9.17, 15) is 0 Å². The largest absolute Gasteiger partial charge is 0.355 e. The molecule has 1 aliphatic rings. The van der Waals surface area contributed by atoms with Crippen LogP contribution in [0.5, 0.6) is 0 Å². The van der Waals surface area contributed by atoms with Crippen LogP contribution in [0.1, 0.15) is 88.3 Å². The van der Waals surface area contributed by atoms with Crippen LogP contribution in [-0.2, 0) is 0 Å². The highest BCUT2D eigenvalue weighted by Gasteiger charge is 2.17. The van der Waals surface area contributed by atoms with Crippen LogP contribution in [0.4, 0.5) is 0 Å². The molecule has 7 aromatic rings. The third-order valence-corrected chi connectivity index (χ3v) is 10.9. The summed E-state index contributed by atoms with van der Waals surface area (Å²) in [5.41, 5.74) is 16.3. The second-order valence-electron chi connectivity index (χ2n) is 14.2. The second-order valence-corrected chi connectivity index (χ2v) is 15.0. The summed E-state index contributed by atoms with van der Waals surface area (Å²) < 4.78 is 0. The van der Waals surface area contributed by atoms with E-state index in [4.69, 9.17) is 0 Å². The van der Waals surface area contributed by atoms with Crippen molar-refractivity contribution in [2.75, 3.05) is 5.33 Å². The summed E-state index contributed by atoms with van der Waals surface area (Å²) in [7, 11) is 0. The molecule has 0 saturated carbocycles. The normalized spacial score (nSPS) is 12.9. The molecule has 5 heteroatoms. The van der Waals surface area contributed by atoms with E-state index < -0.39 is 0 Å². The Kier molecular flexibility index (Phi) is 9.62. The zero-order chi connectivity index (χ0) is 35.6. The van der Waals surface area contributed by atoms with Gasteiger partial charge in [0, 0.05) is 66.2 Å². The molecule has 0 atom stereocenters. The number of alkyl halides is 1. The van der Waals surface area contributed by atoms with E-state index in [1.807, 2.05) is 0 Å². The molecule has 260 valence electrons. The SMILES string of the molecule is Cc1ccc(C2=c3ccc([nH]3)=C(CCCCCCBr)c3ccc([nH]3)C(c3ccc(C)cc3)=c3ccc([nH]3)=C(c3ccc(C)cc3)c3ccc2[nH]3)cc1. The van der Waals surface area contributed by atoms with Crippen molar-refractivity contribution in [3.8, 4) is 0 Å². The molecule has 1 aliphatic heterocycles. The van der Waals surface area contributed by atoms with Crippen molar-refractivity contribution < 1.29 is 0 Å². The smallest absolute Gasteiger partial charge is 0.0485 e. The number of H-pyrrole nitrogens is 4. The van der Waals surface area contributed by atoms with Crippen LogP contribution >= 0.6 is 15.9 Å². The minimum atomic E-state index is 0.982. The van der Waals surface area contributed by atoms with Gasteiger partial charge in [-0.05, 0) is 111 Å². The highest BCUT2D eigenvalue weighted by atomic mass is 79.9. The fourth-order valence-corrected chi connectivity index (χ4v) is 7.90. The Morgan fingerprint density at radius 2 is 0.731 bits per heavy atom. The van der Waals surface area contributed by atoms with Gasteiger partial charge in [-0.1, -0.05) is 118 Å². The van der Waals surface area contributed by atoms with E-state index in [0.717, 1.165) is 84.6 Å². The monoisotopic (exact) mass is 744 g/mol. The molecule has 0 fully saturated rings. The molecule has 0 amide bonds. The van der Waals surface area contributed by atoms with Crippen molar-refractivity contribution in [2.24, 2.45) is 0 Å². The van der Waals surface area contributed by atoms with Gasteiger partial charge >= 0.3 is 0 Å². The van der Waals surface area contributed by atoms with E-state index in [-0.39, 0.29) is 0 Å². The van der Waals surface area contributed by atoms with Gasteiger partial charge in [0.25, 0.3) is 0 Å². The standard InChI is InChI=1S/C47H45BrN4/c1-30-9-15-33(16-10-30)45-39-23-21-37(49-39)36(8-6-4-5-7-29-48)38-22-24-40(50-38)46(34-17-11-31(2)12-18-34)42-26-28-44(52-42)47(43-27-25-41(45)51-43)35-19-13-32(3)14-20-35/h9-28,49-52H,4-8,29H2,1-3H3. The van der Waals surface area contributed by atoms with E-state index in [1.165, 1.54) is 52.7 Å². The maximum absolute atomic E-state index is 3.92. The van der Waals surface area contributed by atoms with Crippen LogP contribution < -0.4 is 21.4 Å². The minimum Gasteiger partial charge on any atom is -0.355 e. The number of nitrogens with one attached hydrogen (secondary N) is 4. The average molecular weight is 746 g/mol. The lowest BCUT2D eigenvalue weighted by Gasteiger charge is -2.10. The first-order chi connectivity index (χ1) is 25.4. The number of rotatable bonds is 9. The van der Waals surface area contributed by atoms with Crippen LogP contribution in [-0.4, -0.2) is 25.3 Å². The fraction of sp³-hybridized carbons (Fsp3) is 0.191. The molecule has 4 N–H and O–H groups in total. The first kappa shape index (κ1) is 33.9. The van der Waals surface area contributed by atoms with Crippen molar-refractivity contribution in [1.29, 1.82) is 0 Å². The van der Waals surface area contributed by atoms with Gasteiger partial charge in [0.05, 0.1) is 0 Å². The van der Waals surface area contributed by atoms with Gasteiger partial charge in [0.1, 0.15) is 0 Å². The van der Waals surface area contributed by atoms with Gasteiger partial charge in [-0.25, -0.2) is 0 Å². The number of unbranched alkanes of at least 4 members (excludes halogenated alkanes) is 3. The van der Waals surface area contributed by atoms with E-state index in [2.05, 4.69) is 178 Å². The Bertz CT molecular complexity index is 2590. The second kappa shape index (κ2) is 14.8. The predicted molar refractivity (Wildman–Crippen MR) is 219 cm³/mol. The van der Waals surface area contributed by atoms with Gasteiger partial charge in [-0.3, -0.25) is 0 Å². The molecule has 0 saturated heterocycles. The summed E-state index contributed by atoms with van der Waals surface area (Å²) in [6.45, 7) is 6.43. The summed E-state index contributed by atoms with van der Waals surface area (Å²) in [4.78, 5) is 15.6. The molecule has 0 radical (unpaired) electrons. The topological polar surface area (TPSA) is 63.2 Å². The number of hydrogen-bond donors (Lipinski definition) is 4. The maximum Gasteiger partial charge on any atom is 0.0485 e. The number of aromatic nitrogens is 4. The number of halogens is 1. The first-order valence-corrected chi connectivity index (χ1v) is 19.6. The number of aromatic amines is 4. The number of aryl methyl sites for hydroxylation is 3. The van der Waals surface area contributed by atoms with E-state index in [1.54, 1.807) is 0 Å². The van der Waals surface area contributed by atoms with Crippen molar-refractivity contribution in [2.45, 2.75) is 52.9 Å². The molecule has 0 aliphatic carbocycles. The highest BCUT2D eigenvalue weighted by Crippen LogP contribution is 2.28. The highest BCUT2D eigenvalue weighted by molar-refractivity contribution is 9.09. The van der Waals surface area contributed by atoms with Gasteiger partial charge in [0.15, 0.2) is 0 Å². The zero-order valence-electron chi connectivity index (χ0n) is 30.2. The summed E-state index contributed by atoms with van der Waals surface area (Å²) in [6.07, 6.45) is 5.75. The predicted octanol–water partition coefficient (Wildman–Crippen LogP) is 8.52. The summed E-state index contributed by atoms with van der Waals surface area (Å²) in [5.74, 6) is 0. The van der Waals surface area contributed by atoms with Crippen LogP contribution in [0.2, 0.25) is 0 Å². The average Bonchev–Trinajstić information content (AvgIpc) is 3.99. The lowest BCUT2D eigenvalue weighted by Crippen LogP contribution is -2.19. The van der Waals surface area contributed by atoms with Crippen LogP contribution in [0.15, 0.2) is 121 Å². The number of fused-ring (bicyclic) bond motifs is 8. The van der Waals surface area contributed by atoms with Crippen LogP contribution in [0.25, 0.3) is 22.3 Å². The van der Waals surface area contributed by atoms with Crippen molar-refractivity contribution in [1.82, 2.24) is 19.9 Å². The Balaban J connectivity index is 1.45. The Morgan fingerprint density at radius 3 is 1.17 bits per heavy atom. The minimum absolute atomic E-state index is 0.982. The number of benzene rings is 3. The van der Waals surface area contributed by atoms with Gasteiger partial charge < -0.3 is 19.9 Å². The third kappa shape index (κ3) is 6.86. The first-order valence-electron chi connectivity index (χ1n) is 18.5. The quantitative estimate of drug-likeness (QED) is 0.0847. The zero-order valence-corrected chi connectivity index (χ0v) is 31.8. The molecule has 0 spiro atoms. The molecule has 4 aromatic heterocycles. The van der Waals surface area contributed by atoms with Gasteiger partial charge in [-0.2, -0.15) is 0 Å². The lowest BCUT2D eigenvalue weighted by atomic mass is 10.0. The van der Waals surface area contributed by atoms with Gasteiger partial charge in [0.2, 0.25) is 0 Å². The summed E-state index contributed by atoms with van der Waals surface area (Å²) in [5, 5.41) is 5.43. The van der Waals surface area contributed by atoms with Crippen LogP contribution in [0.3, 0.4) is 0 Å². The van der Waals surface area contributed by atoms with Crippen LogP contribution in [0, 0.1) is 20.8 Å². The Morgan fingerprint density at radius 1 is 0.365 bits per heavy atom. The Labute approximate surface area is 313 Å². The molecule has 5 heterocycles. The Hall–Kier alpha value is -5.26.